The summed E-state index contributed by atoms with van der Waals surface area (Å²) in [6, 6.07) is 6.46. The van der Waals surface area contributed by atoms with Crippen molar-refractivity contribution >= 4 is 29.1 Å². The van der Waals surface area contributed by atoms with Gasteiger partial charge in [-0.2, -0.15) is 26.3 Å². The lowest BCUT2D eigenvalue weighted by Crippen LogP contribution is -2.44. The number of aliphatic imine (C=N–C) groups is 1. The molecule has 2 unspecified atom stereocenters. The molecule has 2 atom stereocenters. The third-order valence-corrected chi connectivity index (χ3v) is 6.07. The highest BCUT2D eigenvalue weighted by Gasteiger charge is 2.58. The van der Waals surface area contributed by atoms with Crippen molar-refractivity contribution < 1.29 is 40.8 Å². The fourth-order valence-corrected chi connectivity index (χ4v) is 4.14. The predicted octanol–water partition coefficient (Wildman–Crippen LogP) is 4.21. The van der Waals surface area contributed by atoms with Gasteiger partial charge in [-0.25, -0.2) is 5.48 Å². The predicted molar refractivity (Wildman–Crippen MR) is 112 cm³/mol. The maximum Gasteiger partial charge on any atom is 0.416 e. The van der Waals surface area contributed by atoms with Crippen LogP contribution in [-0.4, -0.2) is 42.9 Å². The fraction of sp³-hybridized carbons (Fsp3) is 0.318. The third-order valence-electron chi connectivity index (χ3n) is 5.85. The number of alkyl halides is 6. The van der Waals surface area contributed by atoms with Crippen LogP contribution in [0.25, 0.3) is 0 Å². The average molecular weight is 520 g/mol. The van der Waals surface area contributed by atoms with E-state index < -0.39 is 64.7 Å². The van der Waals surface area contributed by atoms with Gasteiger partial charge in [-0.1, -0.05) is 23.7 Å². The SMILES string of the molecule is O=C(NC1CONC1=O)c1ccc(C2=NCC(c3cc(Cl)cc(C(F)(F)F)c3)(C(F)(F)F)C2)cc1. The van der Waals surface area contributed by atoms with Crippen molar-refractivity contribution in [3.05, 3.63) is 69.7 Å². The number of carbonyl (C=O) groups is 2. The van der Waals surface area contributed by atoms with E-state index in [9.17, 15) is 35.9 Å². The largest absolute Gasteiger partial charge is 0.416 e. The number of rotatable bonds is 4. The van der Waals surface area contributed by atoms with E-state index in [1.165, 1.54) is 24.3 Å². The third kappa shape index (κ3) is 4.85. The number of hydrogen-bond acceptors (Lipinski definition) is 4. The van der Waals surface area contributed by atoms with Crippen LogP contribution in [-0.2, 0) is 21.2 Å². The van der Waals surface area contributed by atoms with Crippen molar-refractivity contribution in [2.75, 3.05) is 13.2 Å². The zero-order valence-corrected chi connectivity index (χ0v) is 18.3. The Labute approximate surface area is 199 Å². The molecule has 2 aliphatic rings. The molecule has 0 bridgehead atoms. The Balaban J connectivity index is 1.58. The molecular weight excluding hydrogens is 504 g/mol. The molecule has 2 aromatic rings. The quantitative estimate of drug-likeness (QED) is 0.594. The molecule has 2 N–H and O–H groups in total. The van der Waals surface area contributed by atoms with Crippen LogP contribution in [0.4, 0.5) is 26.3 Å². The highest BCUT2D eigenvalue weighted by molar-refractivity contribution is 6.30. The second-order valence-electron chi connectivity index (χ2n) is 8.13. The highest BCUT2D eigenvalue weighted by Crippen LogP contribution is 2.49. The smallest absolute Gasteiger partial charge is 0.338 e. The summed E-state index contributed by atoms with van der Waals surface area (Å²) in [6.07, 6.45) is -10.5. The van der Waals surface area contributed by atoms with Gasteiger partial charge in [0.2, 0.25) is 0 Å². The van der Waals surface area contributed by atoms with Gasteiger partial charge in [0.25, 0.3) is 11.8 Å². The minimum absolute atomic E-state index is 0.0198. The van der Waals surface area contributed by atoms with Crippen LogP contribution in [0.1, 0.15) is 33.5 Å². The van der Waals surface area contributed by atoms with Crippen molar-refractivity contribution in [2.45, 2.75) is 30.2 Å². The summed E-state index contributed by atoms with van der Waals surface area (Å²) in [4.78, 5) is 32.5. The van der Waals surface area contributed by atoms with E-state index in [0.717, 1.165) is 6.07 Å². The van der Waals surface area contributed by atoms with Gasteiger partial charge in [0.1, 0.15) is 18.1 Å². The van der Waals surface area contributed by atoms with Gasteiger partial charge in [0.05, 0.1) is 12.1 Å². The number of benzene rings is 2. The van der Waals surface area contributed by atoms with Crippen molar-refractivity contribution in [3.63, 3.8) is 0 Å². The van der Waals surface area contributed by atoms with Crippen LogP contribution in [0.15, 0.2) is 47.5 Å². The molecule has 0 aromatic heterocycles. The van der Waals surface area contributed by atoms with Crippen LogP contribution in [0.5, 0.6) is 0 Å². The molecule has 0 aliphatic carbocycles. The van der Waals surface area contributed by atoms with Crippen molar-refractivity contribution in [2.24, 2.45) is 4.99 Å². The van der Waals surface area contributed by atoms with E-state index in [1.54, 1.807) is 0 Å². The highest BCUT2D eigenvalue weighted by atomic mass is 35.5. The van der Waals surface area contributed by atoms with E-state index in [1.807, 2.05) is 0 Å². The molecule has 13 heteroatoms. The maximum atomic E-state index is 14.3. The summed E-state index contributed by atoms with van der Waals surface area (Å²) in [6.45, 7) is -0.874. The minimum atomic E-state index is -4.92. The van der Waals surface area contributed by atoms with Gasteiger partial charge >= 0.3 is 12.4 Å². The van der Waals surface area contributed by atoms with Crippen molar-refractivity contribution in [1.82, 2.24) is 10.8 Å². The standard InChI is InChI=1S/C22H16ClF6N3O3/c23-15-6-13(5-14(7-15)21(24,25)26)20(22(27,28)29)8-16(30-10-20)11-1-3-12(4-2-11)18(33)31-17-9-35-32-19(17)34/h1-7,17H,8-10H2,(H,31,33)(H,32,34). The Hall–Kier alpha value is -3.12. The van der Waals surface area contributed by atoms with Crippen LogP contribution < -0.4 is 10.8 Å². The molecule has 2 amide bonds. The second-order valence-corrected chi connectivity index (χ2v) is 8.56. The maximum absolute atomic E-state index is 14.3. The lowest BCUT2D eigenvalue weighted by atomic mass is 9.76. The molecule has 2 aromatic carbocycles. The zero-order valence-electron chi connectivity index (χ0n) is 17.6. The summed E-state index contributed by atoms with van der Waals surface area (Å²) < 4.78 is 82.4. The Morgan fingerprint density at radius 2 is 1.80 bits per heavy atom. The molecule has 1 saturated heterocycles. The van der Waals surface area contributed by atoms with E-state index >= 15 is 0 Å². The monoisotopic (exact) mass is 519 g/mol. The topological polar surface area (TPSA) is 79.8 Å². The second kappa shape index (κ2) is 8.83. The molecule has 186 valence electrons. The summed E-state index contributed by atoms with van der Waals surface area (Å²) >= 11 is 5.74. The van der Waals surface area contributed by atoms with E-state index in [-0.39, 0.29) is 23.4 Å². The lowest BCUT2D eigenvalue weighted by molar-refractivity contribution is -0.184. The minimum Gasteiger partial charge on any atom is -0.338 e. The number of hydrogen-bond donors (Lipinski definition) is 2. The van der Waals surface area contributed by atoms with Crippen LogP contribution in [0.3, 0.4) is 0 Å². The number of nitrogens with one attached hydrogen (secondary N) is 2. The number of carbonyl (C=O) groups excluding carboxylic acids is 2. The first-order chi connectivity index (χ1) is 16.3. The first kappa shape index (κ1) is 25.0. The zero-order chi connectivity index (χ0) is 25.6. The molecule has 35 heavy (non-hydrogen) atoms. The summed E-state index contributed by atoms with van der Waals surface area (Å²) in [7, 11) is 0. The van der Waals surface area contributed by atoms with Gasteiger partial charge in [-0.15, -0.1) is 0 Å². The lowest BCUT2D eigenvalue weighted by Gasteiger charge is -2.32. The first-order valence-corrected chi connectivity index (χ1v) is 10.5. The molecule has 2 heterocycles. The Bertz CT molecular complexity index is 1200. The number of amides is 2. The van der Waals surface area contributed by atoms with E-state index in [0.29, 0.717) is 12.1 Å². The van der Waals surface area contributed by atoms with Crippen molar-refractivity contribution in [1.29, 1.82) is 0 Å². The average Bonchev–Trinajstić information content (AvgIpc) is 3.40. The van der Waals surface area contributed by atoms with Crippen molar-refractivity contribution in [3.8, 4) is 0 Å². The number of halogens is 7. The van der Waals surface area contributed by atoms with Crippen LogP contribution in [0.2, 0.25) is 5.02 Å². The molecule has 2 aliphatic heterocycles. The van der Waals surface area contributed by atoms with Crippen LogP contribution in [0, 0.1) is 0 Å². The summed E-state index contributed by atoms with van der Waals surface area (Å²) in [5, 5.41) is 1.98. The Morgan fingerprint density at radius 3 is 2.37 bits per heavy atom. The molecule has 0 radical (unpaired) electrons. The summed E-state index contributed by atoms with van der Waals surface area (Å²) in [5.41, 5.74) is -2.09. The Kier molecular flexibility index (Phi) is 6.30. The normalized spacial score (nSPS) is 22.7. The fourth-order valence-electron chi connectivity index (χ4n) is 3.90. The van der Waals surface area contributed by atoms with E-state index in [4.69, 9.17) is 16.4 Å². The Morgan fingerprint density at radius 1 is 1.11 bits per heavy atom. The summed E-state index contributed by atoms with van der Waals surface area (Å²) in [5.74, 6) is -1.12. The molecule has 0 spiro atoms. The van der Waals surface area contributed by atoms with Gasteiger partial charge < -0.3 is 5.32 Å². The van der Waals surface area contributed by atoms with Gasteiger partial charge in [0.15, 0.2) is 0 Å². The number of nitrogens with zero attached hydrogens (tertiary/aromatic N) is 1. The molecule has 1 fully saturated rings. The van der Waals surface area contributed by atoms with E-state index in [2.05, 4.69) is 15.8 Å². The number of hydroxylamine groups is 1. The van der Waals surface area contributed by atoms with Gasteiger partial charge in [0, 0.05) is 22.7 Å². The first-order valence-electron chi connectivity index (χ1n) is 10.1. The molecule has 6 nitrogen and oxygen atoms in total. The van der Waals surface area contributed by atoms with Gasteiger partial charge in [-0.05, 0) is 41.5 Å². The molecule has 4 rings (SSSR count). The molecule has 0 saturated carbocycles. The van der Waals surface area contributed by atoms with Gasteiger partial charge in [-0.3, -0.25) is 19.4 Å². The molecular formula is C22H16ClF6N3O3. The van der Waals surface area contributed by atoms with Crippen LogP contribution >= 0.6 is 11.6 Å².